The molecule has 2 rings (SSSR count). The van der Waals surface area contributed by atoms with Crippen molar-refractivity contribution in [1.82, 2.24) is 10.6 Å². The quantitative estimate of drug-likeness (QED) is 0.750. The smallest absolute Gasteiger partial charge is 0.261 e. The Morgan fingerprint density at radius 2 is 1.61 bits per heavy atom. The average molecular weight is 331 g/mol. The van der Waals surface area contributed by atoms with E-state index in [1.807, 2.05) is 19.1 Å². The number of hydrogen-bond donors (Lipinski definition) is 3. The number of para-hydroxylation sites is 1. The molecule has 0 spiro atoms. The number of amides is 3. The molecular weight excluding hydrogens is 314 g/mol. The molecule has 0 saturated heterocycles. The van der Waals surface area contributed by atoms with Gasteiger partial charge < -0.3 is 16.0 Å². The largest absolute Gasteiger partial charge is 0.345 e. The van der Waals surface area contributed by atoms with Crippen LogP contribution in [-0.4, -0.2) is 30.8 Å². The lowest BCUT2D eigenvalue weighted by atomic mass is 10.3. The highest BCUT2D eigenvalue weighted by molar-refractivity contribution is 7.13. The van der Waals surface area contributed by atoms with Gasteiger partial charge in [0.05, 0.1) is 18.0 Å². The molecule has 1 aromatic carbocycles. The first kappa shape index (κ1) is 16.7. The zero-order valence-corrected chi connectivity index (χ0v) is 13.4. The van der Waals surface area contributed by atoms with Crippen molar-refractivity contribution >= 4 is 34.7 Å². The fourth-order valence-electron chi connectivity index (χ4n) is 1.77. The van der Waals surface area contributed by atoms with Gasteiger partial charge in [0.15, 0.2) is 0 Å². The summed E-state index contributed by atoms with van der Waals surface area (Å²) < 4.78 is 0. The van der Waals surface area contributed by atoms with Crippen molar-refractivity contribution in [2.45, 2.75) is 6.92 Å². The van der Waals surface area contributed by atoms with Crippen molar-refractivity contribution in [3.63, 3.8) is 0 Å². The van der Waals surface area contributed by atoms with E-state index in [0.717, 1.165) is 4.88 Å². The first-order valence-corrected chi connectivity index (χ1v) is 7.82. The van der Waals surface area contributed by atoms with E-state index < -0.39 is 5.91 Å². The minimum absolute atomic E-state index is 0.151. The van der Waals surface area contributed by atoms with Crippen LogP contribution in [0.15, 0.2) is 42.5 Å². The van der Waals surface area contributed by atoms with E-state index in [2.05, 4.69) is 16.0 Å². The van der Waals surface area contributed by atoms with Crippen molar-refractivity contribution in [1.29, 1.82) is 0 Å². The van der Waals surface area contributed by atoms with Crippen LogP contribution in [0.2, 0.25) is 0 Å². The van der Waals surface area contributed by atoms with Gasteiger partial charge in [-0.1, -0.05) is 18.2 Å². The molecule has 0 aliphatic heterocycles. The number of nitrogens with one attached hydrogen (secondary N) is 3. The molecule has 23 heavy (non-hydrogen) atoms. The van der Waals surface area contributed by atoms with E-state index >= 15 is 0 Å². The number of aryl methyl sites for hydroxylation is 1. The van der Waals surface area contributed by atoms with Crippen LogP contribution in [0.25, 0.3) is 0 Å². The van der Waals surface area contributed by atoms with Crippen LogP contribution >= 0.6 is 11.3 Å². The van der Waals surface area contributed by atoms with E-state index in [0.29, 0.717) is 10.6 Å². The maximum atomic E-state index is 11.8. The Bertz CT molecular complexity index is 698. The number of hydrogen-bond acceptors (Lipinski definition) is 4. The summed E-state index contributed by atoms with van der Waals surface area (Å²) in [4.78, 5) is 36.7. The summed E-state index contributed by atoms with van der Waals surface area (Å²) >= 11 is 1.36. The first-order chi connectivity index (χ1) is 11.0. The summed E-state index contributed by atoms with van der Waals surface area (Å²) in [6.07, 6.45) is 0. The van der Waals surface area contributed by atoms with Gasteiger partial charge in [0, 0.05) is 10.6 Å². The van der Waals surface area contributed by atoms with Crippen LogP contribution in [0.3, 0.4) is 0 Å². The minimum Gasteiger partial charge on any atom is -0.345 e. The zero-order chi connectivity index (χ0) is 16.7. The third-order valence-corrected chi connectivity index (χ3v) is 3.88. The number of carbonyl (C=O) groups is 3. The van der Waals surface area contributed by atoms with Crippen molar-refractivity contribution in [3.8, 4) is 0 Å². The topological polar surface area (TPSA) is 87.3 Å². The molecule has 0 aliphatic rings. The highest BCUT2D eigenvalue weighted by Crippen LogP contribution is 2.14. The lowest BCUT2D eigenvalue weighted by Gasteiger charge is -2.07. The SMILES string of the molecule is Cc1ccc(C(=O)NCC(=O)NCC(=O)Nc2ccccc2)s1. The van der Waals surface area contributed by atoms with E-state index in [1.165, 1.54) is 11.3 Å². The van der Waals surface area contributed by atoms with Crippen LogP contribution in [-0.2, 0) is 9.59 Å². The van der Waals surface area contributed by atoms with Crippen molar-refractivity contribution < 1.29 is 14.4 Å². The second-order valence-electron chi connectivity index (χ2n) is 4.78. The molecule has 0 saturated carbocycles. The molecule has 0 atom stereocenters. The molecule has 3 N–H and O–H groups in total. The molecule has 6 nitrogen and oxygen atoms in total. The molecule has 0 aliphatic carbocycles. The third kappa shape index (κ3) is 5.55. The lowest BCUT2D eigenvalue weighted by molar-refractivity contribution is -0.123. The van der Waals surface area contributed by atoms with Crippen LogP contribution in [0.5, 0.6) is 0 Å². The van der Waals surface area contributed by atoms with Crippen LogP contribution < -0.4 is 16.0 Å². The van der Waals surface area contributed by atoms with E-state index in [-0.39, 0.29) is 24.9 Å². The number of anilines is 1. The Kier molecular flexibility index (Phi) is 5.87. The minimum atomic E-state index is -0.421. The van der Waals surface area contributed by atoms with Gasteiger partial charge in [0.2, 0.25) is 11.8 Å². The summed E-state index contributed by atoms with van der Waals surface area (Å²) in [6, 6.07) is 12.5. The molecule has 0 bridgehead atoms. The molecule has 1 aromatic heterocycles. The van der Waals surface area contributed by atoms with Gasteiger partial charge in [-0.2, -0.15) is 0 Å². The number of rotatable bonds is 6. The molecule has 1 heterocycles. The van der Waals surface area contributed by atoms with E-state index in [4.69, 9.17) is 0 Å². The third-order valence-electron chi connectivity index (χ3n) is 2.88. The molecule has 0 fully saturated rings. The van der Waals surface area contributed by atoms with Crippen LogP contribution in [0.4, 0.5) is 5.69 Å². The number of benzene rings is 1. The molecular formula is C16H17N3O3S. The van der Waals surface area contributed by atoms with Gasteiger partial charge in [0.1, 0.15) is 0 Å². The molecule has 120 valence electrons. The second kappa shape index (κ2) is 8.09. The predicted molar refractivity (Wildman–Crippen MR) is 89.5 cm³/mol. The number of carbonyl (C=O) groups excluding carboxylic acids is 3. The fourth-order valence-corrected chi connectivity index (χ4v) is 2.56. The van der Waals surface area contributed by atoms with Crippen molar-refractivity contribution in [2.75, 3.05) is 18.4 Å². The van der Waals surface area contributed by atoms with E-state index in [9.17, 15) is 14.4 Å². The Balaban J connectivity index is 1.68. The Morgan fingerprint density at radius 1 is 0.913 bits per heavy atom. The monoisotopic (exact) mass is 331 g/mol. The maximum Gasteiger partial charge on any atom is 0.261 e. The van der Waals surface area contributed by atoms with Crippen molar-refractivity contribution in [3.05, 3.63) is 52.2 Å². The van der Waals surface area contributed by atoms with E-state index in [1.54, 1.807) is 30.3 Å². The Labute approximate surface area is 137 Å². The van der Waals surface area contributed by atoms with Crippen molar-refractivity contribution in [2.24, 2.45) is 0 Å². The zero-order valence-electron chi connectivity index (χ0n) is 12.6. The summed E-state index contributed by atoms with van der Waals surface area (Å²) in [5.74, 6) is -1.05. The fraction of sp³-hybridized carbons (Fsp3) is 0.188. The first-order valence-electron chi connectivity index (χ1n) is 7.01. The second-order valence-corrected chi connectivity index (χ2v) is 6.07. The molecule has 2 aromatic rings. The Morgan fingerprint density at radius 3 is 2.26 bits per heavy atom. The lowest BCUT2D eigenvalue weighted by Crippen LogP contribution is -2.40. The Hall–Kier alpha value is -2.67. The summed E-state index contributed by atoms with van der Waals surface area (Å²) in [5.41, 5.74) is 0.660. The summed E-state index contributed by atoms with van der Waals surface area (Å²) in [6.45, 7) is 1.58. The van der Waals surface area contributed by atoms with Gasteiger partial charge >= 0.3 is 0 Å². The molecule has 0 unspecified atom stereocenters. The van der Waals surface area contributed by atoms with Gasteiger partial charge in [-0.25, -0.2) is 0 Å². The van der Waals surface area contributed by atoms with Gasteiger partial charge in [-0.05, 0) is 31.2 Å². The van der Waals surface area contributed by atoms with Gasteiger partial charge in [0.25, 0.3) is 5.91 Å². The summed E-state index contributed by atoms with van der Waals surface area (Å²) in [7, 11) is 0. The van der Waals surface area contributed by atoms with Gasteiger partial charge in [-0.15, -0.1) is 11.3 Å². The normalized spacial score (nSPS) is 9.96. The number of thiophene rings is 1. The highest BCUT2D eigenvalue weighted by atomic mass is 32.1. The summed E-state index contributed by atoms with van der Waals surface area (Å²) in [5, 5.41) is 7.62. The molecule has 7 heteroatoms. The molecule has 3 amide bonds. The van der Waals surface area contributed by atoms with Crippen LogP contribution in [0.1, 0.15) is 14.5 Å². The van der Waals surface area contributed by atoms with Crippen LogP contribution in [0, 0.1) is 6.92 Å². The predicted octanol–water partition coefficient (Wildman–Crippen LogP) is 1.54. The standard InChI is InChI=1S/C16H17N3O3S/c1-11-7-8-13(23-11)16(22)18-9-14(20)17-10-15(21)19-12-5-3-2-4-6-12/h2-8H,9-10H2,1H3,(H,17,20)(H,18,22)(H,19,21). The van der Waals surface area contributed by atoms with Gasteiger partial charge in [-0.3, -0.25) is 14.4 Å². The highest BCUT2D eigenvalue weighted by Gasteiger charge is 2.10. The molecule has 0 radical (unpaired) electrons. The maximum absolute atomic E-state index is 11.8. The average Bonchev–Trinajstić information content (AvgIpc) is 2.98.